The van der Waals surface area contributed by atoms with Crippen LogP contribution in [0.5, 0.6) is 5.88 Å². The second-order valence-electron chi connectivity index (χ2n) is 4.06. The van der Waals surface area contributed by atoms with Crippen molar-refractivity contribution >= 4 is 17.8 Å². The molecule has 2 heterocycles. The van der Waals surface area contributed by atoms with Gasteiger partial charge < -0.3 is 14.1 Å². The van der Waals surface area contributed by atoms with E-state index in [4.69, 9.17) is 11.9 Å². The Labute approximate surface area is 105 Å². The standard InChI is InChI=1S/C11H14ClN3O2/c1-14-4-6-15(7-5-14)11(16)9-2-3-10(17-12)13-8-9/h2-3,8H,4-7H2,1H3. The molecule has 17 heavy (non-hydrogen) atoms. The van der Waals surface area contributed by atoms with Gasteiger partial charge in [-0.15, -0.1) is 0 Å². The molecule has 92 valence electrons. The summed E-state index contributed by atoms with van der Waals surface area (Å²) in [5, 5.41) is 0. The Hall–Kier alpha value is -1.33. The second kappa shape index (κ2) is 5.33. The van der Waals surface area contributed by atoms with Crippen molar-refractivity contribution in [1.29, 1.82) is 0 Å². The highest BCUT2D eigenvalue weighted by molar-refractivity contribution is 6.08. The van der Waals surface area contributed by atoms with E-state index in [0.29, 0.717) is 11.4 Å². The van der Waals surface area contributed by atoms with Crippen LogP contribution in [0, 0.1) is 0 Å². The van der Waals surface area contributed by atoms with Crippen LogP contribution in [0.15, 0.2) is 18.3 Å². The lowest BCUT2D eigenvalue weighted by molar-refractivity contribution is 0.0663. The van der Waals surface area contributed by atoms with Gasteiger partial charge in [-0.2, -0.15) is 0 Å². The highest BCUT2D eigenvalue weighted by Crippen LogP contribution is 2.12. The van der Waals surface area contributed by atoms with Crippen LogP contribution in [0.2, 0.25) is 0 Å². The molecule has 1 aliphatic heterocycles. The van der Waals surface area contributed by atoms with Crippen molar-refractivity contribution in [2.24, 2.45) is 0 Å². The molecule has 0 aromatic carbocycles. The maximum atomic E-state index is 12.1. The summed E-state index contributed by atoms with van der Waals surface area (Å²) in [4.78, 5) is 20.0. The Kier molecular flexibility index (Phi) is 3.81. The van der Waals surface area contributed by atoms with Gasteiger partial charge in [-0.3, -0.25) is 4.79 Å². The first-order chi connectivity index (χ1) is 8.20. The van der Waals surface area contributed by atoms with E-state index in [1.807, 2.05) is 4.90 Å². The van der Waals surface area contributed by atoms with Crippen LogP contribution in [0.3, 0.4) is 0 Å². The van der Waals surface area contributed by atoms with Gasteiger partial charge >= 0.3 is 0 Å². The van der Waals surface area contributed by atoms with E-state index >= 15 is 0 Å². The molecule has 1 saturated heterocycles. The van der Waals surface area contributed by atoms with E-state index in [1.54, 1.807) is 12.1 Å². The molecule has 0 saturated carbocycles. The minimum atomic E-state index is 0.00622. The monoisotopic (exact) mass is 255 g/mol. The van der Waals surface area contributed by atoms with Crippen LogP contribution in [-0.2, 0) is 0 Å². The molecule has 1 aliphatic rings. The molecular weight excluding hydrogens is 242 g/mol. The number of piperazine rings is 1. The maximum Gasteiger partial charge on any atom is 0.255 e. The number of hydrogen-bond donors (Lipinski definition) is 0. The van der Waals surface area contributed by atoms with E-state index in [0.717, 1.165) is 26.2 Å². The predicted octanol–water partition coefficient (Wildman–Crippen LogP) is 1.00. The number of carbonyl (C=O) groups excluding carboxylic acids is 1. The van der Waals surface area contributed by atoms with Gasteiger partial charge in [0.05, 0.1) is 5.56 Å². The molecular formula is C11H14ClN3O2. The minimum Gasteiger partial charge on any atom is -0.365 e. The van der Waals surface area contributed by atoms with Crippen molar-refractivity contribution < 1.29 is 9.08 Å². The first kappa shape index (κ1) is 12.1. The van der Waals surface area contributed by atoms with E-state index in [2.05, 4.69) is 21.2 Å². The Morgan fingerprint density at radius 3 is 2.59 bits per heavy atom. The van der Waals surface area contributed by atoms with Gasteiger partial charge in [0, 0.05) is 38.4 Å². The molecule has 1 amide bonds. The molecule has 0 aliphatic carbocycles. The molecule has 1 fully saturated rings. The smallest absolute Gasteiger partial charge is 0.255 e. The highest BCUT2D eigenvalue weighted by Gasteiger charge is 2.20. The van der Waals surface area contributed by atoms with Crippen LogP contribution in [0.1, 0.15) is 10.4 Å². The SMILES string of the molecule is CN1CCN(C(=O)c2ccc(OCl)nc2)CC1. The van der Waals surface area contributed by atoms with Crippen molar-refractivity contribution in [2.45, 2.75) is 0 Å². The van der Waals surface area contributed by atoms with Gasteiger partial charge in [0.15, 0.2) is 0 Å². The average Bonchev–Trinajstić information content (AvgIpc) is 2.39. The Bertz CT molecular complexity index is 388. The fourth-order valence-electron chi connectivity index (χ4n) is 1.74. The molecule has 1 aromatic heterocycles. The lowest BCUT2D eigenvalue weighted by atomic mass is 10.2. The molecule has 0 N–H and O–H groups in total. The zero-order valence-corrected chi connectivity index (χ0v) is 10.4. The van der Waals surface area contributed by atoms with Crippen LogP contribution >= 0.6 is 11.9 Å². The summed E-state index contributed by atoms with van der Waals surface area (Å²) in [6.45, 7) is 3.32. The molecule has 0 radical (unpaired) electrons. The number of likely N-dealkylation sites (N-methyl/N-ethyl adjacent to an activating group) is 1. The normalized spacial score (nSPS) is 16.9. The molecule has 5 nitrogen and oxygen atoms in total. The van der Waals surface area contributed by atoms with Gasteiger partial charge in [-0.1, -0.05) is 0 Å². The third-order valence-electron chi connectivity index (χ3n) is 2.85. The van der Waals surface area contributed by atoms with Gasteiger partial charge in [-0.05, 0) is 13.1 Å². The van der Waals surface area contributed by atoms with E-state index in [1.165, 1.54) is 6.20 Å². The van der Waals surface area contributed by atoms with E-state index in [-0.39, 0.29) is 5.91 Å². The molecule has 0 bridgehead atoms. The van der Waals surface area contributed by atoms with Crippen molar-refractivity contribution in [1.82, 2.24) is 14.8 Å². The molecule has 0 atom stereocenters. The highest BCUT2D eigenvalue weighted by atomic mass is 35.5. The summed E-state index contributed by atoms with van der Waals surface area (Å²) in [5.74, 6) is 0.299. The number of hydrogen-bond acceptors (Lipinski definition) is 4. The zero-order valence-electron chi connectivity index (χ0n) is 9.60. The van der Waals surface area contributed by atoms with Crippen LogP contribution < -0.4 is 4.29 Å². The summed E-state index contributed by atoms with van der Waals surface area (Å²) in [6.07, 6.45) is 1.48. The number of carbonyl (C=O) groups is 1. The molecule has 6 heteroatoms. The summed E-state index contributed by atoms with van der Waals surface area (Å²) >= 11 is 5.16. The fraction of sp³-hybridized carbons (Fsp3) is 0.455. The van der Waals surface area contributed by atoms with Gasteiger partial charge in [0.2, 0.25) is 5.88 Å². The number of halogens is 1. The molecule has 0 unspecified atom stereocenters. The van der Waals surface area contributed by atoms with E-state index < -0.39 is 0 Å². The number of aromatic nitrogens is 1. The number of nitrogens with zero attached hydrogens (tertiary/aromatic N) is 3. The Balaban J connectivity index is 2.03. The summed E-state index contributed by atoms with van der Waals surface area (Å²) < 4.78 is 4.44. The largest absolute Gasteiger partial charge is 0.365 e. The van der Waals surface area contributed by atoms with Crippen LogP contribution in [-0.4, -0.2) is 53.9 Å². The van der Waals surface area contributed by atoms with E-state index in [9.17, 15) is 4.79 Å². The lowest BCUT2D eigenvalue weighted by Crippen LogP contribution is -2.47. The third kappa shape index (κ3) is 2.87. The van der Waals surface area contributed by atoms with Crippen LogP contribution in [0.4, 0.5) is 0 Å². The molecule has 1 aromatic rings. The van der Waals surface area contributed by atoms with Gasteiger partial charge in [0.1, 0.15) is 11.9 Å². The van der Waals surface area contributed by atoms with Crippen LogP contribution in [0.25, 0.3) is 0 Å². The lowest BCUT2D eigenvalue weighted by Gasteiger charge is -2.32. The molecule has 2 rings (SSSR count). The number of rotatable bonds is 2. The van der Waals surface area contributed by atoms with Crippen molar-refractivity contribution in [2.75, 3.05) is 33.2 Å². The molecule has 0 spiro atoms. The van der Waals surface area contributed by atoms with Crippen molar-refractivity contribution in [3.05, 3.63) is 23.9 Å². The topological polar surface area (TPSA) is 45.7 Å². The fourth-order valence-corrected chi connectivity index (χ4v) is 1.84. The predicted molar refractivity (Wildman–Crippen MR) is 64.1 cm³/mol. The first-order valence-corrected chi connectivity index (χ1v) is 5.74. The number of amides is 1. The van der Waals surface area contributed by atoms with Gasteiger partial charge in [-0.25, -0.2) is 4.98 Å². The third-order valence-corrected chi connectivity index (χ3v) is 3.01. The number of pyridine rings is 1. The summed E-state index contributed by atoms with van der Waals surface area (Å²) in [5.41, 5.74) is 0.562. The summed E-state index contributed by atoms with van der Waals surface area (Å²) in [7, 11) is 2.05. The zero-order chi connectivity index (χ0) is 12.3. The second-order valence-corrected chi connectivity index (χ2v) is 4.21. The summed E-state index contributed by atoms with van der Waals surface area (Å²) in [6, 6.07) is 3.25. The first-order valence-electron chi connectivity index (χ1n) is 5.43. The van der Waals surface area contributed by atoms with Gasteiger partial charge in [0.25, 0.3) is 5.91 Å². The van der Waals surface area contributed by atoms with Crippen molar-refractivity contribution in [3.63, 3.8) is 0 Å². The Morgan fingerprint density at radius 1 is 1.35 bits per heavy atom. The van der Waals surface area contributed by atoms with Crippen molar-refractivity contribution in [3.8, 4) is 5.88 Å². The Morgan fingerprint density at radius 2 is 2.06 bits per heavy atom. The minimum absolute atomic E-state index is 0.00622. The maximum absolute atomic E-state index is 12.1. The average molecular weight is 256 g/mol. The quantitative estimate of drug-likeness (QED) is 0.791.